The van der Waals surface area contributed by atoms with E-state index < -0.39 is 0 Å². The van der Waals surface area contributed by atoms with Crippen molar-refractivity contribution in [1.29, 1.82) is 0 Å². The molecular weight excluding hydrogens is 310 g/mol. The van der Waals surface area contributed by atoms with Crippen LogP contribution in [-0.2, 0) is 9.47 Å². The minimum absolute atomic E-state index is 0.0583. The summed E-state index contributed by atoms with van der Waals surface area (Å²) in [4.78, 5) is 3.42. The van der Waals surface area contributed by atoms with E-state index in [9.17, 15) is 0 Å². The van der Waals surface area contributed by atoms with E-state index in [-0.39, 0.29) is 6.29 Å². The fourth-order valence-electron chi connectivity index (χ4n) is 2.91. The van der Waals surface area contributed by atoms with Crippen LogP contribution in [0.2, 0.25) is 0 Å². The lowest BCUT2D eigenvalue weighted by Gasteiger charge is -2.18. The Morgan fingerprint density at radius 2 is 1.12 bits per heavy atom. The number of hydrogen-bond donors (Lipinski definition) is 0. The highest BCUT2D eigenvalue weighted by Gasteiger charge is 2.09. The van der Waals surface area contributed by atoms with Gasteiger partial charge in [-0.25, -0.2) is 6.57 Å². The molecule has 148 valence electrons. The first kappa shape index (κ1) is 24.4. The second-order valence-corrected chi connectivity index (χ2v) is 7.08. The third-order valence-electron chi connectivity index (χ3n) is 4.56. The second-order valence-electron chi connectivity index (χ2n) is 7.08. The lowest BCUT2D eigenvalue weighted by Crippen LogP contribution is -2.19. The van der Waals surface area contributed by atoms with Crippen molar-refractivity contribution in [1.82, 2.24) is 0 Å². The number of rotatable bonds is 20. The SMILES string of the molecule is [C-]#[N+]CCCCC(OCCCCCCCC)OCCCCCCCC. The van der Waals surface area contributed by atoms with Crippen molar-refractivity contribution in [2.45, 2.75) is 116 Å². The molecule has 0 saturated heterocycles. The standard InChI is InChI=1S/C22H43NO2/c1-4-6-8-10-12-16-20-24-22(18-14-15-19-23-3)25-21-17-13-11-9-7-5-2/h22H,4-21H2,1-2H3. The molecule has 0 unspecified atom stereocenters. The van der Waals surface area contributed by atoms with Crippen LogP contribution in [0.1, 0.15) is 110 Å². The first-order valence-corrected chi connectivity index (χ1v) is 10.9. The van der Waals surface area contributed by atoms with Crippen LogP contribution in [0.3, 0.4) is 0 Å². The topological polar surface area (TPSA) is 22.8 Å². The maximum absolute atomic E-state index is 6.86. The van der Waals surface area contributed by atoms with Gasteiger partial charge in [-0.05, 0) is 25.7 Å². The van der Waals surface area contributed by atoms with Gasteiger partial charge in [0.25, 0.3) is 0 Å². The maximum atomic E-state index is 6.86. The van der Waals surface area contributed by atoms with Gasteiger partial charge >= 0.3 is 0 Å². The van der Waals surface area contributed by atoms with Crippen LogP contribution in [0.25, 0.3) is 4.85 Å². The fourth-order valence-corrected chi connectivity index (χ4v) is 2.91. The van der Waals surface area contributed by atoms with Gasteiger partial charge in [-0.3, -0.25) is 0 Å². The summed E-state index contributed by atoms with van der Waals surface area (Å²) in [6.45, 7) is 13.6. The summed E-state index contributed by atoms with van der Waals surface area (Å²) in [7, 11) is 0. The van der Waals surface area contributed by atoms with Crippen LogP contribution in [0, 0.1) is 6.57 Å². The van der Waals surface area contributed by atoms with Crippen LogP contribution in [-0.4, -0.2) is 26.0 Å². The Kier molecular flexibility index (Phi) is 20.9. The Morgan fingerprint density at radius 1 is 0.640 bits per heavy atom. The Balaban J connectivity index is 3.73. The van der Waals surface area contributed by atoms with Crippen molar-refractivity contribution in [3.05, 3.63) is 11.4 Å². The lowest BCUT2D eigenvalue weighted by atomic mass is 10.1. The molecule has 25 heavy (non-hydrogen) atoms. The second kappa shape index (κ2) is 21.5. The molecule has 0 aliphatic heterocycles. The molecule has 0 aliphatic rings. The van der Waals surface area contributed by atoms with Gasteiger partial charge in [0.15, 0.2) is 6.29 Å². The summed E-state index contributed by atoms with van der Waals surface area (Å²) in [5.41, 5.74) is 0. The minimum atomic E-state index is -0.0583. The van der Waals surface area contributed by atoms with Crippen LogP contribution in [0.15, 0.2) is 0 Å². The summed E-state index contributed by atoms with van der Waals surface area (Å²) >= 11 is 0. The molecule has 0 atom stereocenters. The quantitative estimate of drug-likeness (QED) is 0.132. The highest BCUT2D eigenvalue weighted by atomic mass is 16.7. The van der Waals surface area contributed by atoms with Gasteiger partial charge in [0.2, 0.25) is 6.54 Å². The summed E-state index contributed by atoms with van der Waals surface area (Å²) in [6.07, 6.45) is 18.3. The van der Waals surface area contributed by atoms with Crippen LogP contribution in [0.5, 0.6) is 0 Å². The largest absolute Gasteiger partial charge is 0.353 e. The molecule has 0 aromatic rings. The number of unbranched alkanes of at least 4 members (excludes halogenated alkanes) is 11. The molecule has 3 heteroatoms. The zero-order valence-electron chi connectivity index (χ0n) is 17.1. The van der Waals surface area contributed by atoms with Gasteiger partial charge in [-0.1, -0.05) is 78.1 Å². The monoisotopic (exact) mass is 353 g/mol. The van der Waals surface area contributed by atoms with E-state index in [1.54, 1.807) is 0 Å². The molecule has 0 spiro atoms. The Hall–Kier alpha value is -0.590. The summed E-state index contributed by atoms with van der Waals surface area (Å²) < 4.78 is 11.9. The van der Waals surface area contributed by atoms with Gasteiger partial charge in [0.05, 0.1) is 0 Å². The zero-order chi connectivity index (χ0) is 18.4. The van der Waals surface area contributed by atoms with E-state index in [0.717, 1.165) is 45.3 Å². The molecule has 0 heterocycles. The van der Waals surface area contributed by atoms with Crippen molar-refractivity contribution >= 4 is 0 Å². The predicted octanol–water partition coefficient (Wildman–Crippen LogP) is 7.16. The number of hydrogen-bond acceptors (Lipinski definition) is 2. The molecule has 0 rings (SSSR count). The summed E-state index contributed by atoms with van der Waals surface area (Å²) in [6, 6.07) is 0. The molecule has 0 aromatic carbocycles. The highest BCUT2D eigenvalue weighted by molar-refractivity contribution is 4.59. The fraction of sp³-hybridized carbons (Fsp3) is 0.955. The van der Waals surface area contributed by atoms with E-state index in [1.807, 2.05) is 0 Å². The van der Waals surface area contributed by atoms with E-state index in [4.69, 9.17) is 16.0 Å². The molecular formula is C22H43NO2. The average Bonchev–Trinajstić information content (AvgIpc) is 2.63. The molecule has 0 radical (unpaired) electrons. The van der Waals surface area contributed by atoms with Crippen LogP contribution < -0.4 is 0 Å². The molecule has 3 nitrogen and oxygen atoms in total. The first-order chi connectivity index (χ1) is 12.3. The lowest BCUT2D eigenvalue weighted by molar-refractivity contribution is -0.147. The third-order valence-corrected chi connectivity index (χ3v) is 4.56. The highest BCUT2D eigenvalue weighted by Crippen LogP contribution is 2.12. The van der Waals surface area contributed by atoms with E-state index in [1.165, 1.54) is 64.2 Å². The smallest absolute Gasteiger partial charge is 0.214 e. The normalized spacial score (nSPS) is 11.1. The molecule has 0 fully saturated rings. The number of ether oxygens (including phenoxy) is 2. The summed E-state index contributed by atoms with van der Waals surface area (Å²) in [5.74, 6) is 0. The molecule has 0 N–H and O–H groups in total. The molecule has 0 bridgehead atoms. The van der Waals surface area contributed by atoms with Crippen LogP contribution >= 0.6 is 0 Å². The molecule has 0 aromatic heterocycles. The summed E-state index contributed by atoms with van der Waals surface area (Å²) in [5, 5.41) is 0. The van der Waals surface area contributed by atoms with Gasteiger partial charge in [-0.15, -0.1) is 0 Å². The average molecular weight is 354 g/mol. The minimum Gasteiger partial charge on any atom is -0.353 e. The van der Waals surface area contributed by atoms with Gasteiger partial charge in [-0.2, -0.15) is 0 Å². The Labute approximate surface area is 157 Å². The van der Waals surface area contributed by atoms with Crippen LogP contribution in [0.4, 0.5) is 0 Å². The van der Waals surface area contributed by atoms with Gasteiger partial charge in [0, 0.05) is 19.6 Å². The first-order valence-electron chi connectivity index (χ1n) is 10.9. The van der Waals surface area contributed by atoms with Crippen molar-refractivity contribution in [2.24, 2.45) is 0 Å². The predicted molar refractivity (Wildman–Crippen MR) is 108 cm³/mol. The van der Waals surface area contributed by atoms with Crippen molar-refractivity contribution in [3.63, 3.8) is 0 Å². The molecule has 0 saturated carbocycles. The van der Waals surface area contributed by atoms with E-state index in [0.29, 0.717) is 6.54 Å². The van der Waals surface area contributed by atoms with Crippen molar-refractivity contribution < 1.29 is 9.47 Å². The Bertz CT molecular complexity index is 270. The molecule has 0 amide bonds. The Morgan fingerprint density at radius 3 is 1.60 bits per heavy atom. The van der Waals surface area contributed by atoms with E-state index in [2.05, 4.69) is 18.7 Å². The van der Waals surface area contributed by atoms with E-state index >= 15 is 0 Å². The zero-order valence-corrected chi connectivity index (χ0v) is 17.1. The van der Waals surface area contributed by atoms with Crippen molar-refractivity contribution in [2.75, 3.05) is 19.8 Å². The molecule has 0 aliphatic carbocycles. The third kappa shape index (κ3) is 19.6. The van der Waals surface area contributed by atoms with Gasteiger partial charge in [0.1, 0.15) is 0 Å². The number of nitrogens with zero attached hydrogens (tertiary/aromatic N) is 1. The van der Waals surface area contributed by atoms with Crippen molar-refractivity contribution in [3.8, 4) is 0 Å². The van der Waals surface area contributed by atoms with Gasteiger partial charge < -0.3 is 14.3 Å². The maximum Gasteiger partial charge on any atom is 0.214 e.